The van der Waals surface area contributed by atoms with E-state index in [1.807, 2.05) is 4.83 Å². The van der Waals surface area contributed by atoms with Crippen LogP contribution in [-0.2, 0) is 34.7 Å². The van der Waals surface area contributed by atoms with Gasteiger partial charge in [-0.15, -0.1) is 4.83 Å². The van der Waals surface area contributed by atoms with Gasteiger partial charge in [-0.1, -0.05) is 0 Å². The van der Waals surface area contributed by atoms with Crippen molar-refractivity contribution in [2.24, 2.45) is 5.92 Å². The summed E-state index contributed by atoms with van der Waals surface area (Å²) in [5.41, 5.74) is 2.05. The molecule has 1 aliphatic heterocycles. The molecule has 1 heterocycles. The third-order valence-electron chi connectivity index (χ3n) is 4.47. The van der Waals surface area contributed by atoms with Gasteiger partial charge in [0, 0.05) is 12.5 Å². The van der Waals surface area contributed by atoms with Crippen molar-refractivity contribution in [2.75, 3.05) is 11.5 Å². The molecule has 1 aromatic carbocycles. The lowest BCUT2D eigenvalue weighted by Crippen LogP contribution is -2.42. The van der Waals surface area contributed by atoms with Crippen molar-refractivity contribution in [3.63, 3.8) is 0 Å². The first-order valence-corrected chi connectivity index (χ1v) is 13.4. The number of carbonyl (C=O) groups excluding carboxylic acids is 1. The zero-order valence-corrected chi connectivity index (χ0v) is 17.2. The Kier molecular flexibility index (Phi) is 5.83. The standard InChI is InChI=1S/C15H21N3O7S3/c19-15(9-11-7-8-26(20,21)10-11)16-18-28(24,25)14-5-3-13(4-6-14)27(22,23)17-12-1-2-12/h3-6,11-12,17-18H,1-2,7-10H2,(H,16,19)/t11-/m1/s1. The summed E-state index contributed by atoms with van der Waals surface area (Å²) >= 11 is 0. The molecular weight excluding hydrogens is 430 g/mol. The summed E-state index contributed by atoms with van der Waals surface area (Å²) < 4.78 is 73.9. The van der Waals surface area contributed by atoms with Gasteiger partial charge in [0.05, 0.1) is 21.3 Å². The van der Waals surface area contributed by atoms with Crippen LogP contribution >= 0.6 is 0 Å². The van der Waals surface area contributed by atoms with Crippen LogP contribution in [0.3, 0.4) is 0 Å². The molecule has 2 fully saturated rings. The average Bonchev–Trinajstić information content (AvgIpc) is 3.34. The summed E-state index contributed by atoms with van der Waals surface area (Å²) in [6, 6.07) is 4.52. The van der Waals surface area contributed by atoms with Gasteiger partial charge in [-0.25, -0.2) is 30.0 Å². The second-order valence-corrected chi connectivity index (χ2v) is 12.6. The van der Waals surface area contributed by atoms with Crippen molar-refractivity contribution >= 4 is 35.8 Å². The molecule has 1 atom stereocenters. The van der Waals surface area contributed by atoms with E-state index in [2.05, 4.69) is 10.1 Å². The van der Waals surface area contributed by atoms with Gasteiger partial charge < -0.3 is 0 Å². The number of nitrogens with one attached hydrogen (secondary N) is 3. The normalized spacial score (nSPS) is 22.1. The van der Waals surface area contributed by atoms with E-state index in [4.69, 9.17) is 0 Å². The Bertz CT molecular complexity index is 1060. The predicted octanol–water partition coefficient (Wildman–Crippen LogP) is -0.738. The molecule has 0 spiro atoms. The van der Waals surface area contributed by atoms with Crippen molar-refractivity contribution < 1.29 is 30.0 Å². The first kappa shape index (κ1) is 21.2. The van der Waals surface area contributed by atoms with Crippen molar-refractivity contribution in [2.45, 2.75) is 41.5 Å². The van der Waals surface area contributed by atoms with Crippen LogP contribution in [0.25, 0.3) is 0 Å². The van der Waals surface area contributed by atoms with Crippen LogP contribution in [0, 0.1) is 5.92 Å². The second kappa shape index (κ2) is 7.71. The quantitative estimate of drug-likeness (QED) is 0.440. The Labute approximate surface area is 164 Å². The first-order valence-electron chi connectivity index (χ1n) is 8.60. The van der Waals surface area contributed by atoms with Crippen LogP contribution in [0.4, 0.5) is 0 Å². The van der Waals surface area contributed by atoms with E-state index in [0.717, 1.165) is 25.0 Å². The van der Waals surface area contributed by atoms with Crippen LogP contribution in [-0.4, -0.2) is 48.7 Å². The minimum Gasteiger partial charge on any atom is -0.278 e. The third-order valence-corrected chi connectivity index (χ3v) is 9.11. The summed E-state index contributed by atoms with van der Waals surface area (Å²) in [6.45, 7) is 0. The summed E-state index contributed by atoms with van der Waals surface area (Å²) in [5, 5.41) is 0. The van der Waals surface area contributed by atoms with Crippen LogP contribution in [0.2, 0.25) is 0 Å². The zero-order chi connectivity index (χ0) is 20.6. The smallest absolute Gasteiger partial charge is 0.257 e. The largest absolute Gasteiger partial charge is 0.278 e. The van der Waals surface area contributed by atoms with Crippen LogP contribution < -0.4 is 15.0 Å². The number of benzene rings is 1. The van der Waals surface area contributed by atoms with Crippen molar-refractivity contribution in [3.8, 4) is 0 Å². The highest BCUT2D eigenvalue weighted by Gasteiger charge is 2.30. The molecule has 28 heavy (non-hydrogen) atoms. The predicted molar refractivity (Wildman–Crippen MR) is 99.6 cm³/mol. The molecule has 1 saturated carbocycles. The maximum atomic E-state index is 12.2. The summed E-state index contributed by atoms with van der Waals surface area (Å²) in [5.74, 6) is -1.03. The molecule has 1 aromatic rings. The van der Waals surface area contributed by atoms with Crippen LogP contribution in [0.15, 0.2) is 34.1 Å². The maximum absolute atomic E-state index is 12.2. The Balaban J connectivity index is 1.57. The number of sulfonamides is 2. The maximum Gasteiger partial charge on any atom is 0.257 e. The first-order chi connectivity index (χ1) is 13.0. The third kappa shape index (κ3) is 5.50. The molecule has 0 bridgehead atoms. The minimum absolute atomic E-state index is 0.0293. The highest BCUT2D eigenvalue weighted by molar-refractivity contribution is 7.91. The van der Waals surface area contributed by atoms with E-state index < -0.39 is 35.8 Å². The number of amides is 1. The molecule has 0 radical (unpaired) electrons. The number of hydrogen-bond acceptors (Lipinski definition) is 7. The number of hydrazine groups is 1. The molecule has 1 saturated heterocycles. The molecule has 0 aromatic heterocycles. The fraction of sp³-hybridized carbons (Fsp3) is 0.533. The summed E-state index contributed by atoms with van der Waals surface area (Å²) in [6.07, 6.45) is 1.82. The highest BCUT2D eigenvalue weighted by Crippen LogP contribution is 2.23. The SMILES string of the molecule is O=C(C[C@H]1CCS(=O)(=O)C1)NNS(=O)(=O)c1ccc(S(=O)(=O)NC2CC2)cc1. The number of rotatable bonds is 8. The van der Waals surface area contributed by atoms with Gasteiger partial charge >= 0.3 is 0 Å². The molecular formula is C15H21N3O7S3. The summed E-state index contributed by atoms with van der Waals surface area (Å²) in [4.78, 5) is 13.5. The minimum atomic E-state index is -4.10. The van der Waals surface area contributed by atoms with E-state index in [1.54, 1.807) is 0 Å². The van der Waals surface area contributed by atoms with Gasteiger partial charge in [-0.2, -0.15) is 0 Å². The number of hydrogen-bond donors (Lipinski definition) is 3. The highest BCUT2D eigenvalue weighted by atomic mass is 32.2. The Morgan fingerprint density at radius 1 is 0.964 bits per heavy atom. The van der Waals surface area contributed by atoms with Crippen molar-refractivity contribution in [1.29, 1.82) is 0 Å². The molecule has 0 unspecified atom stereocenters. The van der Waals surface area contributed by atoms with Crippen LogP contribution in [0.1, 0.15) is 25.7 Å². The second-order valence-electron chi connectivity index (χ2n) is 6.99. The van der Waals surface area contributed by atoms with E-state index in [-0.39, 0.29) is 39.7 Å². The molecule has 3 N–H and O–H groups in total. The Hall–Kier alpha value is -1.54. The van der Waals surface area contributed by atoms with Crippen molar-refractivity contribution in [1.82, 2.24) is 15.0 Å². The topological polar surface area (TPSA) is 156 Å². The molecule has 1 aliphatic carbocycles. The zero-order valence-electron chi connectivity index (χ0n) is 14.8. The molecule has 2 aliphatic rings. The number of carbonyl (C=O) groups is 1. The molecule has 13 heteroatoms. The van der Waals surface area contributed by atoms with Gasteiger partial charge in [0.1, 0.15) is 0 Å². The van der Waals surface area contributed by atoms with Gasteiger partial charge in [0.15, 0.2) is 9.84 Å². The monoisotopic (exact) mass is 451 g/mol. The fourth-order valence-electron chi connectivity index (χ4n) is 2.82. The lowest BCUT2D eigenvalue weighted by atomic mass is 10.1. The number of sulfone groups is 1. The summed E-state index contributed by atoms with van der Waals surface area (Å²) in [7, 11) is -10.9. The van der Waals surface area contributed by atoms with Gasteiger partial charge in [0.25, 0.3) is 10.0 Å². The van der Waals surface area contributed by atoms with Crippen molar-refractivity contribution in [3.05, 3.63) is 24.3 Å². The Morgan fingerprint density at radius 3 is 2.04 bits per heavy atom. The van der Waals surface area contributed by atoms with E-state index in [9.17, 15) is 30.0 Å². The lowest BCUT2D eigenvalue weighted by Gasteiger charge is -2.11. The van der Waals surface area contributed by atoms with Crippen LogP contribution in [0.5, 0.6) is 0 Å². The van der Waals surface area contributed by atoms with E-state index >= 15 is 0 Å². The molecule has 1 amide bonds. The van der Waals surface area contributed by atoms with Gasteiger partial charge in [0.2, 0.25) is 15.9 Å². The van der Waals surface area contributed by atoms with Gasteiger partial charge in [-0.3, -0.25) is 10.2 Å². The van der Waals surface area contributed by atoms with E-state index in [1.165, 1.54) is 12.1 Å². The van der Waals surface area contributed by atoms with Gasteiger partial charge in [-0.05, 0) is 49.4 Å². The fourth-order valence-corrected chi connectivity index (χ4v) is 6.84. The molecule has 3 rings (SSSR count). The molecule has 156 valence electrons. The lowest BCUT2D eigenvalue weighted by molar-refractivity contribution is -0.122. The molecule has 10 nitrogen and oxygen atoms in total. The van der Waals surface area contributed by atoms with E-state index in [0.29, 0.717) is 6.42 Å². The average molecular weight is 452 g/mol. The Morgan fingerprint density at radius 2 is 1.54 bits per heavy atom.